The molecule has 1 aromatic carbocycles. The molecular formula is C11H12F3. The van der Waals surface area contributed by atoms with Gasteiger partial charge in [-0.05, 0) is 37.0 Å². The van der Waals surface area contributed by atoms with E-state index in [0.29, 0.717) is 5.56 Å². The first-order valence-electron chi connectivity index (χ1n) is 4.33. The molecular weight excluding hydrogens is 189 g/mol. The lowest BCUT2D eigenvalue weighted by molar-refractivity contribution is -0.138. The Morgan fingerprint density at radius 1 is 1.29 bits per heavy atom. The third-order valence-corrected chi connectivity index (χ3v) is 2.14. The first kappa shape index (κ1) is 11.1. The Morgan fingerprint density at radius 2 is 1.86 bits per heavy atom. The fourth-order valence-electron chi connectivity index (χ4n) is 1.25. The molecule has 1 rings (SSSR count). The highest BCUT2D eigenvalue weighted by atomic mass is 19.4. The molecule has 77 valence electrons. The lowest BCUT2D eigenvalue weighted by Gasteiger charge is -2.13. The summed E-state index contributed by atoms with van der Waals surface area (Å²) in [5, 5.41) is 0. The molecule has 0 aliphatic heterocycles. The molecule has 0 fully saturated rings. The Labute approximate surface area is 81.8 Å². The summed E-state index contributed by atoms with van der Waals surface area (Å²) in [6.07, 6.45) is -4.27. The van der Waals surface area contributed by atoms with E-state index >= 15 is 0 Å². The number of benzene rings is 1. The zero-order valence-electron chi connectivity index (χ0n) is 8.15. The van der Waals surface area contributed by atoms with Gasteiger partial charge in [0.05, 0.1) is 5.56 Å². The highest BCUT2D eigenvalue weighted by Gasteiger charge is 2.32. The van der Waals surface area contributed by atoms with E-state index in [-0.39, 0.29) is 11.5 Å². The van der Waals surface area contributed by atoms with Gasteiger partial charge in [-0.2, -0.15) is 13.2 Å². The number of aryl methyl sites for hydroxylation is 1. The van der Waals surface area contributed by atoms with Crippen LogP contribution in [0.5, 0.6) is 0 Å². The van der Waals surface area contributed by atoms with Crippen molar-refractivity contribution in [2.75, 3.05) is 0 Å². The van der Waals surface area contributed by atoms with Crippen molar-refractivity contribution in [3.05, 3.63) is 41.8 Å². The van der Waals surface area contributed by atoms with Crippen molar-refractivity contribution in [1.29, 1.82) is 0 Å². The van der Waals surface area contributed by atoms with Gasteiger partial charge in [-0.1, -0.05) is 19.1 Å². The number of hydrogen-bond donors (Lipinski definition) is 0. The van der Waals surface area contributed by atoms with Crippen LogP contribution >= 0.6 is 0 Å². The van der Waals surface area contributed by atoms with Gasteiger partial charge in [-0.3, -0.25) is 0 Å². The van der Waals surface area contributed by atoms with Crippen molar-refractivity contribution in [3.63, 3.8) is 0 Å². The lowest BCUT2D eigenvalue weighted by atomic mass is 9.98. The van der Waals surface area contributed by atoms with E-state index in [1.165, 1.54) is 19.1 Å². The summed E-state index contributed by atoms with van der Waals surface area (Å²) in [5.41, 5.74) is 0.301. The zero-order chi connectivity index (χ0) is 10.9. The molecule has 1 aromatic rings. The summed E-state index contributed by atoms with van der Waals surface area (Å²) in [6.45, 7) is 6.92. The molecule has 1 unspecified atom stereocenters. The molecule has 14 heavy (non-hydrogen) atoms. The fourth-order valence-corrected chi connectivity index (χ4v) is 1.25. The second kappa shape index (κ2) is 3.64. The maximum atomic E-state index is 12.5. The van der Waals surface area contributed by atoms with E-state index < -0.39 is 11.7 Å². The van der Waals surface area contributed by atoms with E-state index in [1.807, 2.05) is 0 Å². The minimum Gasteiger partial charge on any atom is -0.166 e. The zero-order valence-corrected chi connectivity index (χ0v) is 8.15. The Morgan fingerprint density at radius 3 is 2.29 bits per heavy atom. The molecule has 0 aromatic heterocycles. The Hall–Kier alpha value is -0.990. The molecule has 1 radical (unpaired) electrons. The van der Waals surface area contributed by atoms with E-state index in [2.05, 4.69) is 6.92 Å². The topological polar surface area (TPSA) is 0 Å². The van der Waals surface area contributed by atoms with Crippen molar-refractivity contribution in [3.8, 4) is 0 Å². The molecule has 0 spiro atoms. The Bertz CT molecular complexity index is 324. The molecule has 0 heterocycles. The minimum absolute atomic E-state index is 0.128. The standard InChI is InChI=1S/C11H12F3/c1-7(2)9-5-4-8(3)10(6-9)11(12,13)14/h4-7H,1H2,2-3H3. The average molecular weight is 201 g/mol. The molecule has 3 heteroatoms. The number of rotatable bonds is 1. The summed E-state index contributed by atoms with van der Waals surface area (Å²) in [6, 6.07) is 4.34. The van der Waals surface area contributed by atoms with Gasteiger partial charge in [0.15, 0.2) is 0 Å². The maximum absolute atomic E-state index is 12.5. The van der Waals surface area contributed by atoms with Gasteiger partial charge in [-0.25, -0.2) is 0 Å². The summed E-state index contributed by atoms with van der Waals surface area (Å²) < 4.78 is 37.4. The summed E-state index contributed by atoms with van der Waals surface area (Å²) in [5.74, 6) is -0.128. The highest BCUT2D eigenvalue weighted by molar-refractivity contribution is 5.34. The van der Waals surface area contributed by atoms with E-state index in [9.17, 15) is 13.2 Å². The predicted molar refractivity (Wildman–Crippen MR) is 50.0 cm³/mol. The van der Waals surface area contributed by atoms with Crippen LogP contribution in [-0.4, -0.2) is 0 Å². The largest absolute Gasteiger partial charge is 0.416 e. The van der Waals surface area contributed by atoms with Crippen LogP contribution < -0.4 is 0 Å². The van der Waals surface area contributed by atoms with Crippen LogP contribution in [-0.2, 0) is 6.18 Å². The van der Waals surface area contributed by atoms with Gasteiger partial charge in [0.2, 0.25) is 0 Å². The maximum Gasteiger partial charge on any atom is 0.416 e. The van der Waals surface area contributed by atoms with Gasteiger partial charge in [-0.15, -0.1) is 0 Å². The van der Waals surface area contributed by atoms with Crippen LogP contribution in [0.3, 0.4) is 0 Å². The minimum atomic E-state index is -4.27. The van der Waals surface area contributed by atoms with Gasteiger partial charge in [0.25, 0.3) is 0 Å². The summed E-state index contributed by atoms with van der Waals surface area (Å²) >= 11 is 0. The monoisotopic (exact) mass is 201 g/mol. The van der Waals surface area contributed by atoms with Gasteiger partial charge >= 0.3 is 6.18 Å². The van der Waals surface area contributed by atoms with E-state index in [0.717, 1.165) is 0 Å². The first-order chi connectivity index (χ1) is 6.32. The number of hydrogen-bond acceptors (Lipinski definition) is 0. The van der Waals surface area contributed by atoms with Crippen molar-refractivity contribution < 1.29 is 13.2 Å². The third-order valence-electron chi connectivity index (χ3n) is 2.14. The second-order valence-electron chi connectivity index (χ2n) is 3.47. The van der Waals surface area contributed by atoms with Crippen molar-refractivity contribution in [2.45, 2.75) is 25.9 Å². The molecule has 0 N–H and O–H groups in total. The number of alkyl halides is 3. The van der Waals surface area contributed by atoms with Crippen LogP contribution in [0.25, 0.3) is 0 Å². The molecule has 0 amide bonds. The SMILES string of the molecule is [CH2]C(C)c1ccc(C)c(C(F)(F)F)c1. The average Bonchev–Trinajstić information content (AvgIpc) is 2.02. The number of halogens is 3. The van der Waals surface area contributed by atoms with Crippen molar-refractivity contribution in [1.82, 2.24) is 0 Å². The molecule has 0 saturated heterocycles. The molecule has 0 saturated carbocycles. The summed E-state index contributed by atoms with van der Waals surface area (Å²) in [4.78, 5) is 0. The smallest absolute Gasteiger partial charge is 0.166 e. The Kier molecular flexibility index (Phi) is 2.88. The van der Waals surface area contributed by atoms with Crippen LogP contribution in [0.4, 0.5) is 13.2 Å². The van der Waals surface area contributed by atoms with E-state index in [1.54, 1.807) is 13.0 Å². The van der Waals surface area contributed by atoms with Crippen LogP contribution in [0.2, 0.25) is 0 Å². The third kappa shape index (κ3) is 2.28. The normalized spacial score (nSPS) is 12.2. The van der Waals surface area contributed by atoms with E-state index in [4.69, 9.17) is 0 Å². The Balaban J connectivity index is 3.22. The lowest BCUT2D eigenvalue weighted by Crippen LogP contribution is -2.08. The van der Waals surface area contributed by atoms with Crippen molar-refractivity contribution >= 4 is 0 Å². The first-order valence-corrected chi connectivity index (χ1v) is 4.33. The highest BCUT2D eigenvalue weighted by Crippen LogP contribution is 2.33. The molecule has 0 aliphatic rings. The molecule has 1 atom stereocenters. The van der Waals surface area contributed by atoms with Gasteiger partial charge in [0, 0.05) is 0 Å². The van der Waals surface area contributed by atoms with Crippen molar-refractivity contribution in [2.24, 2.45) is 0 Å². The van der Waals surface area contributed by atoms with Gasteiger partial charge in [0.1, 0.15) is 0 Å². The van der Waals surface area contributed by atoms with Gasteiger partial charge < -0.3 is 0 Å². The fraction of sp³-hybridized carbons (Fsp3) is 0.364. The van der Waals surface area contributed by atoms with Crippen LogP contribution in [0, 0.1) is 13.8 Å². The summed E-state index contributed by atoms with van der Waals surface area (Å²) in [7, 11) is 0. The van der Waals surface area contributed by atoms with Crippen LogP contribution in [0.1, 0.15) is 29.5 Å². The second-order valence-corrected chi connectivity index (χ2v) is 3.47. The predicted octanol–water partition coefficient (Wildman–Crippen LogP) is 3.95. The van der Waals surface area contributed by atoms with Crippen LogP contribution in [0.15, 0.2) is 18.2 Å². The molecule has 0 bridgehead atoms. The quantitative estimate of drug-likeness (QED) is 0.645. The molecule has 0 aliphatic carbocycles. The molecule has 0 nitrogen and oxygen atoms in total.